The van der Waals surface area contributed by atoms with Crippen molar-refractivity contribution in [3.8, 4) is 0 Å². The number of hydrogen-bond donors (Lipinski definition) is 0. The predicted molar refractivity (Wildman–Crippen MR) is 59.2 cm³/mol. The summed E-state index contributed by atoms with van der Waals surface area (Å²) in [7, 11) is 0. The van der Waals surface area contributed by atoms with Crippen molar-refractivity contribution in [1.82, 2.24) is 0 Å². The second-order valence-electron chi connectivity index (χ2n) is 2.83. The standard InChI is InChI=1S/C10H8BrClO2/c1-6(14)10(11)9-7(5-13)3-2-4-8(9)12/h2-5,10H,1H3. The molecule has 1 unspecified atom stereocenters. The molecule has 0 aliphatic carbocycles. The molecule has 1 rings (SSSR count). The van der Waals surface area contributed by atoms with Crippen molar-refractivity contribution in [2.24, 2.45) is 0 Å². The Morgan fingerprint density at radius 1 is 1.57 bits per heavy atom. The number of hydrogen-bond acceptors (Lipinski definition) is 2. The van der Waals surface area contributed by atoms with Gasteiger partial charge in [0.2, 0.25) is 0 Å². The van der Waals surface area contributed by atoms with Crippen LogP contribution in [0.15, 0.2) is 18.2 Å². The fourth-order valence-electron chi connectivity index (χ4n) is 1.13. The Hall–Kier alpha value is -0.670. The summed E-state index contributed by atoms with van der Waals surface area (Å²) in [4.78, 5) is 21.3. The first-order valence-corrected chi connectivity index (χ1v) is 5.25. The maximum absolute atomic E-state index is 11.1. The van der Waals surface area contributed by atoms with Gasteiger partial charge in [-0.15, -0.1) is 0 Å². The van der Waals surface area contributed by atoms with E-state index in [1.54, 1.807) is 18.2 Å². The molecule has 0 bridgehead atoms. The Kier molecular flexibility index (Phi) is 3.84. The van der Waals surface area contributed by atoms with Crippen LogP contribution in [-0.4, -0.2) is 12.1 Å². The lowest BCUT2D eigenvalue weighted by molar-refractivity contribution is -0.116. The van der Waals surface area contributed by atoms with Gasteiger partial charge in [-0.25, -0.2) is 0 Å². The van der Waals surface area contributed by atoms with Gasteiger partial charge in [0.15, 0.2) is 0 Å². The first-order valence-electron chi connectivity index (χ1n) is 3.96. The van der Waals surface area contributed by atoms with Crippen LogP contribution in [0.25, 0.3) is 0 Å². The minimum Gasteiger partial charge on any atom is -0.298 e. The van der Waals surface area contributed by atoms with Gasteiger partial charge in [0, 0.05) is 16.1 Å². The third-order valence-electron chi connectivity index (χ3n) is 1.82. The van der Waals surface area contributed by atoms with Crippen molar-refractivity contribution < 1.29 is 9.59 Å². The van der Waals surface area contributed by atoms with Crippen LogP contribution < -0.4 is 0 Å². The van der Waals surface area contributed by atoms with E-state index < -0.39 is 4.83 Å². The van der Waals surface area contributed by atoms with E-state index in [0.29, 0.717) is 22.4 Å². The molecule has 2 nitrogen and oxygen atoms in total. The average molecular weight is 276 g/mol. The monoisotopic (exact) mass is 274 g/mol. The first kappa shape index (κ1) is 11.4. The van der Waals surface area contributed by atoms with E-state index in [-0.39, 0.29) is 5.78 Å². The quantitative estimate of drug-likeness (QED) is 0.627. The SMILES string of the molecule is CC(=O)C(Br)c1c(Cl)cccc1C=O. The molecule has 0 N–H and O–H groups in total. The van der Waals surface area contributed by atoms with Crippen LogP contribution in [0.5, 0.6) is 0 Å². The van der Waals surface area contributed by atoms with Gasteiger partial charge in [0.05, 0.1) is 4.83 Å². The molecule has 0 radical (unpaired) electrons. The molecule has 0 aliphatic rings. The molecule has 1 aromatic rings. The van der Waals surface area contributed by atoms with Crippen LogP contribution in [0.1, 0.15) is 27.7 Å². The van der Waals surface area contributed by atoms with Crippen LogP contribution in [0.4, 0.5) is 0 Å². The molecule has 0 spiro atoms. The third kappa shape index (κ3) is 2.22. The van der Waals surface area contributed by atoms with Crippen LogP contribution in [0.2, 0.25) is 5.02 Å². The normalized spacial score (nSPS) is 12.2. The highest BCUT2D eigenvalue weighted by molar-refractivity contribution is 9.09. The van der Waals surface area contributed by atoms with Crippen LogP contribution in [0.3, 0.4) is 0 Å². The summed E-state index contributed by atoms with van der Waals surface area (Å²) in [6.07, 6.45) is 0.693. The third-order valence-corrected chi connectivity index (χ3v) is 3.26. The molecule has 0 amide bonds. The number of aldehydes is 1. The molecule has 0 aliphatic heterocycles. The van der Waals surface area contributed by atoms with E-state index in [0.717, 1.165) is 0 Å². The molecule has 1 atom stereocenters. The Labute approximate surface area is 95.4 Å². The van der Waals surface area contributed by atoms with E-state index in [9.17, 15) is 9.59 Å². The number of alkyl halides is 1. The summed E-state index contributed by atoms with van der Waals surface area (Å²) in [5.74, 6) is -0.0822. The number of Topliss-reactive ketones (excluding diaryl/α,β-unsaturated/α-hetero) is 1. The molecule has 0 aromatic heterocycles. The number of benzene rings is 1. The largest absolute Gasteiger partial charge is 0.298 e. The average Bonchev–Trinajstić information content (AvgIpc) is 2.16. The Balaban J connectivity index is 3.30. The molecular formula is C10H8BrClO2. The number of ketones is 1. The minimum absolute atomic E-state index is 0.0822. The highest BCUT2D eigenvalue weighted by Crippen LogP contribution is 2.32. The maximum atomic E-state index is 11.1. The first-order chi connectivity index (χ1) is 6.57. The summed E-state index contributed by atoms with van der Waals surface area (Å²) < 4.78 is 0. The molecular weight excluding hydrogens is 267 g/mol. The topological polar surface area (TPSA) is 34.1 Å². The number of carbonyl (C=O) groups is 2. The second kappa shape index (κ2) is 4.71. The van der Waals surface area contributed by atoms with Gasteiger partial charge in [0.1, 0.15) is 12.1 Å². The second-order valence-corrected chi connectivity index (χ2v) is 4.16. The van der Waals surface area contributed by atoms with E-state index in [1.807, 2.05) is 0 Å². The van der Waals surface area contributed by atoms with Gasteiger partial charge in [-0.1, -0.05) is 39.7 Å². The molecule has 0 heterocycles. The van der Waals surface area contributed by atoms with Crippen molar-refractivity contribution in [3.63, 3.8) is 0 Å². The number of rotatable bonds is 3. The zero-order valence-corrected chi connectivity index (χ0v) is 9.80. The van der Waals surface area contributed by atoms with Crippen molar-refractivity contribution >= 4 is 39.6 Å². The lowest BCUT2D eigenvalue weighted by atomic mass is 10.0. The van der Waals surface area contributed by atoms with Crippen molar-refractivity contribution in [2.45, 2.75) is 11.8 Å². The van der Waals surface area contributed by atoms with Crippen molar-refractivity contribution in [3.05, 3.63) is 34.3 Å². The molecule has 74 valence electrons. The Morgan fingerprint density at radius 2 is 2.21 bits per heavy atom. The Bertz CT molecular complexity index is 376. The summed E-state index contributed by atoms with van der Waals surface area (Å²) in [6.45, 7) is 1.44. The smallest absolute Gasteiger partial charge is 0.150 e. The highest BCUT2D eigenvalue weighted by atomic mass is 79.9. The molecule has 1 aromatic carbocycles. The molecule has 0 saturated carbocycles. The predicted octanol–water partition coefficient (Wildman–Crippen LogP) is 3.18. The minimum atomic E-state index is -0.517. The summed E-state index contributed by atoms with van der Waals surface area (Å²) in [5.41, 5.74) is 0.978. The van der Waals surface area contributed by atoms with Crippen LogP contribution >= 0.6 is 27.5 Å². The zero-order chi connectivity index (χ0) is 10.7. The summed E-state index contributed by atoms with van der Waals surface area (Å²) >= 11 is 9.11. The van der Waals surface area contributed by atoms with Gasteiger partial charge in [-0.3, -0.25) is 9.59 Å². The summed E-state index contributed by atoms with van der Waals surface area (Å²) in [6, 6.07) is 4.96. The number of carbonyl (C=O) groups excluding carboxylic acids is 2. The van der Waals surface area contributed by atoms with Crippen LogP contribution in [-0.2, 0) is 4.79 Å². The fourth-order valence-corrected chi connectivity index (χ4v) is 2.06. The number of halogens is 2. The van der Waals surface area contributed by atoms with Crippen LogP contribution in [0, 0.1) is 0 Å². The Morgan fingerprint density at radius 3 is 2.71 bits per heavy atom. The van der Waals surface area contributed by atoms with Crippen molar-refractivity contribution in [1.29, 1.82) is 0 Å². The molecule has 0 fully saturated rings. The zero-order valence-electron chi connectivity index (χ0n) is 7.46. The molecule has 0 saturated heterocycles. The lowest BCUT2D eigenvalue weighted by Gasteiger charge is -2.10. The maximum Gasteiger partial charge on any atom is 0.150 e. The highest BCUT2D eigenvalue weighted by Gasteiger charge is 2.19. The van der Waals surface area contributed by atoms with E-state index in [1.165, 1.54) is 6.92 Å². The van der Waals surface area contributed by atoms with Gasteiger partial charge in [0.25, 0.3) is 0 Å². The fraction of sp³-hybridized carbons (Fsp3) is 0.200. The van der Waals surface area contributed by atoms with Gasteiger partial charge in [-0.05, 0) is 13.0 Å². The van der Waals surface area contributed by atoms with Crippen molar-refractivity contribution in [2.75, 3.05) is 0 Å². The van der Waals surface area contributed by atoms with Gasteiger partial charge >= 0.3 is 0 Å². The van der Waals surface area contributed by atoms with E-state index >= 15 is 0 Å². The van der Waals surface area contributed by atoms with E-state index in [4.69, 9.17) is 11.6 Å². The summed E-state index contributed by atoms with van der Waals surface area (Å²) in [5, 5.41) is 0.423. The van der Waals surface area contributed by atoms with E-state index in [2.05, 4.69) is 15.9 Å². The molecule has 14 heavy (non-hydrogen) atoms. The lowest BCUT2D eigenvalue weighted by Crippen LogP contribution is -2.05. The van der Waals surface area contributed by atoms with Gasteiger partial charge < -0.3 is 0 Å². The molecule has 4 heteroatoms. The van der Waals surface area contributed by atoms with Gasteiger partial charge in [-0.2, -0.15) is 0 Å².